The molecule has 12 heteroatoms. The van der Waals surface area contributed by atoms with E-state index in [1.54, 1.807) is 42.6 Å². The first kappa shape index (κ1) is 23.0. The summed E-state index contributed by atoms with van der Waals surface area (Å²) in [7, 11) is -2.81. The van der Waals surface area contributed by atoms with E-state index in [0.29, 0.717) is 37.0 Å². The van der Waals surface area contributed by atoms with Crippen LogP contribution in [-0.4, -0.2) is 67.0 Å². The molecule has 4 rings (SSSR count). The number of carbonyl (C=O) groups excluding carboxylic acids is 1. The smallest absolute Gasteiger partial charge is 0.410 e. The van der Waals surface area contributed by atoms with Crippen LogP contribution in [0, 0.1) is 0 Å². The summed E-state index contributed by atoms with van der Waals surface area (Å²) in [6.07, 6.45) is 2.30. The zero-order valence-corrected chi connectivity index (χ0v) is 19.1. The van der Waals surface area contributed by atoms with E-state index >= 15 is 0 Å². The maximum atomic E-state index is 12.2. The van der Waals surface area contributed by atoms with Gasteiger partial charge in [0.15, 0.2) is 5.82 Å². The third-order valence-corrected chi connectivity index (χ3v) is 5.66. The fourth-order valence-corrected chi connectivity index (χ4v) is 4.08. The van der Waals surface area contributed by atoms with Gasteiger partial charge in [-0.1, -0.05) is 18.2 Å². The molecule has 0 aliphatic carbocycles. The quantitative estimate of drug-likeness (QED) is 0.491. The SMILES string of the molecule is C[C@H]1COCCN1c1cc(CS(C)(O)O)nc(-n2ccc(NC(=O)Oc3ccccc3)n2)n1. The molecule has 3 aromatic rings. The van der Waals surface area contributed by atoms with Crippen molar-refractivity contribution >= 4 is 28.3 Å². The van der Waals surface area contributed by atoms with Gasteiger partial charge in [-0.25, -0.2) is 14.5 Å². The van der Waals surface area contributed by atoms with Crippen LogP contribution in [-0.2, 0) is 10.5 Å². The number of carbonyl (C=O) groups is 1. The third kappa shape index (κ3) is 6.20. The van der Waals surface area contributed by atoms with Crippen LogP contribution in [0.15, 0.2) is 48.7 Å². The first-order chi connectivity index (χ1) is 15.8. The third-order valence-electron chi connectivity index (χ3n) is 4.81. The van der Waals surface area contributed by atoms with Crippen LogP contribution in [0.25, 0.3) is 5.95 Å². The Labute approximate surface area is 192 Å². The highest BCUT2D eigenvalue weighted by atomic mass is 32.3. The van der Waals surface area contributed by atoms with Crippen LogP contribution >= 0.6 is 10.6 Å². The molecule has 0 radical (unpaired) electrons. The van der Waals surface area contributed by atoms with E-state index in [1.165, 1.54) is 10.9 Å². The molecule has 1 aliphatic heterocycles. The fourth-order valence-electron chi connectivity index (χ4n) is 3.37. The second-order valence-electron chi connectivity index (χ2n) is 7.75. The number of nitrogens with zero attached hydrogens (tertiary/aromatic N) is 5. The maximum Gasteiger partial charge on any atom is 0.418 e. The molecule has 1 aliphatic rings. The number of morpholine rings is 1. The van der Waals surface area contributed by atoms with Gasteiger partial charge in [0.25, 0.3) is 5.95 Å². The van der Waals surface area contributed by atoms with Gasteiger partial charge in [-0.3, -0.25) is 14.4 Å². The zero-order valence-electron chi connectivity index (χ0n) is 18.3. The maximum absolute atomic E-state index is 12.2. The first-order valence-corrected chi connectivity index (χ1v) is 12.4. The molecule has 1 amide bonds. The lowest BCUT2D eigenvalue weighted by Gasteiger charge is -2.34. The number of hydrogen-bond acceptors (Lipinski definition) is 9. The number of benzene rings is 1. The van der Waals surface area contributed by atoms with Gasteiger partial charge in [-0.05, 0) is 19.1 Å². The number of aromatic nitrogens is 4. The molecular formula is C21H26N6O5S. The zero-order chi connectivity index (χ0) is 23.4. The van der Waals surface area contributed by atoms with E-state index in [1.807, 2.05) is 13.0 Å². The number of rotatable bonds is 6. The van der Waals surface area contributed by atoms with Crippen LogP contribution in [0.2, 0.25) is 0 Å². The Morgan fingerprint density at radius 3 is 2.79 bits per heavy atom. The molecular weight excluding hydrogens is 448 g/mol. The molecule has 0 spiro atoms. The summed E-state index contributed by atoms with van der Waals surface area (Å²) in [5, 5.41) is 6.89. The van der Waals surface area contributed by atoms with Crippen LogP contribution in [0.1, 0.15) is 12.6 Å². The molecule has 33 heavy (non-hydrogen) atoms. The molecule has 3 heterocycles. The van der Waals surface area contributed by atoms with Crippen molar-refractivity contribution in [2.24, 2.45) is 0 Å². The van der Waals surface area contributed by atoms with Gasteiger partial charge < -0.3 is 14.4 Å². The minimum atomic E-state index is -2.81. The topological polar surface area (TPSA) is 135 Å². The molecule has 3 N–H and O–H groups in total. The summed E-state index contributed by atoms with van der Waals surface area (Å²) in [5.74, 6) is 1.54. The van der Waals surface area contributed by atoms with Gasteiger partial charge in [0.1, 0.15) is 11.6 Å². The summed E-state index contributed by atoms with van der Waals surface area (Å²) < 4.78 is 32.1. The minimum absolute atomic E-state index is 0.00990. The van der Waals surface area contributed by atoms with Gasteiger partial charge in [-0.2, -0.15) is 15.6 Å². The number of hydrogen-bond donors (Lipinski definition) is 3. The van der Waals surface area contributed by atoms with Crippen molar-refractivity contribution in [3.05, 3.63) is 54.4 Å². The first-order valence-electron chi connectivity index (χ1n) is 10.3. The molecule has 1 aromatic carbocycles. The van der Waals surface area contributed by atoms with Crippen molar-refractivity contribution in [3.63, 3.8) is 0 Å². The highest BCUT2D eigenvalue weighted by Crippen LogP contribution is 2.38. The van der Waals surface area contributed by atoms with Gasteiger partial charge in [0, 0.05) is 31.1 Å². The largest absolute Gasteiger partial charge is 0.418 e. The van der Waals surface area contributed by atoms with E-state index in [2.05, 4.69) is 25.3 Å². The Morgan fingerprint density at radius 1 is 1.27 bits per heavy atom. The van der Waals surface area contributed by atoms with E-state index < -0.39 is 16.7 Å². The van der Waals surface area contributed by atoms with Gasteiger partial charge in [0.2, 0.25) is 0 Å². The summed E-state index contributed by atoms with van der Waals surface area (Å²) >= 11 is 0. The summed E-state index contributed by atoms with van der Waals surface area (Å²) in [5.41, 5.74) is 0.477. The molecule has 176 valence electrons. The van der Waals surface area contributed by atoms with Gasteiger partial charge >= 0.3 is 6.09 Å². The number of anilines is 2. The van der Waals surface area contributed by atoms with Gasteiger partial charge in [-0.15, -0.1) is 5.10 Å². The average Bonchev–Trinajstić information content (AvgIpc) is 3.21. The van der Waals surface area contributed by atoms with E-state index in [9.17, 15) is 13.9 Å². The Kier molecular flexibility index (Phi) is 6.79. The van der Waals surface area contributed by atoms with Crippen LogP contribution in [0.5, 0.6) is 5.75 Å². The number of amides is 1. The lowest BCUT2D eigenvalue weighted by Crippen LogP contribution is -2.44. The molecule has 0 bridgehead atoms. The molecule has 0 unspecified atom stereocenters. The Bertz CT molecular complexity index is 1100. The summed E-state index contributed by atoms with van der Waals surface area (Å²) in [6.45, 7) is 3.82. The van der Waals surface area contributed by atoms with Crippen molar-refractivity contribution in [1.29, 1.82) is 0 Å². The number of nitrogens with one attached hydrogen (secondary N) is 1. The molecule has 1 fully saturated rings. The molecule has 11 nitrogen and oxygen atoms in total. The van der Waals surface area contributed by atoms with Crippen molar-refractivity contribution in [2.45, 2.75) is 18.7 Å². The van der Waals surface area contributed by atoms with E-state index in [-0.39, 0.29) is 23.6 Å². The fraction of sp³-hybridized carbons (Fsp3) is 0.333. The number of ether oxygens (including phenoxy) is 2. The lowest BCUT2D eigenvalue weighted by molar-refractivity contribution is 0.0985. The van der Waals surface area contributed by atoms with Crippen molar-refractivity contribution < 1.29 is 23.4 Å². The highest BCUT2D eigenvalue weighted by Gasteiger charge is 2.23. The molecule has 0 saturated carbocycles. The Balaban J connectivity index is 1.57. The van der Waals surface area contributed by atoms with Crippen molar-refractivity contribution in [2.75, 3.05) is 36.2 Å². The Morgan fingerprint density at radius 2 is 2.06 bits per heavy atom. The molecule has 1 atom stereocenters. The van der Waals surface area contributed by atoms with Crippen LogP contribution in [0.3, 0.4) is 0 Å². The summed E-state index contributed by atoms with van der Waals surface area (Å²) in [6, 6.07) is 12.1. The predicted molar refractivity (Wildman–Crippen MR) is 125 cm³/mol. The number of para-hydroxylation sites is 1. The van der Waals surface area contributed by atoms with E-state index in [0.717, 1.165) is 0 Å². The van der Waals surface area contributed by atoms with E-state index in [4.69, 9.17) is 9.47 Å². The average molecular weight is 475 g/mol. The molecule has 1 saturated heterocycles. The standard InChI is InChI=1S/C21H26N6O5S/c1-15-13-31-11-10-26(15)19-12-16(14-33(2,29)30)22-20(24-19)27-9-8-18(25-27)23-21(28)32-17-6-4-3-5-7-17/h3-9,12,15,29-30H,10-11,13-14H2,1-2H3,(H,23,25,28)/t15-/m0/s1. The predicted octanol–water partition coefficient (Wildman–Crippen LogP) is 3.38. The molecule has 2 aromatic heterocycles. The van der Waals surface area contributed by atoms with Crippen molar-refractivity contribution in [3.8, 4) is 11.7 Å². The highest BCUT2D eigenvalue weighted by molar-refractivity contribution is 8.23. The normalized spacial score (nSPS) is 17.0. The minimum Gasteiger partial charge on any atom is -0.410 e. The Hall–Kier alpha value is -3.19. The monoisotopic (exact) mass is 474 g/mol. The summed E-state index contributed by atoms with van der Waals surface area (Å²) in [4.78, 5) is 23.3. The second-order valence-corrected chi connectivity index (χ2v) is 10.0. The van der Waals surface area contributed by atoms with Crippen LogP contribution in [0.4, 0.5) is 16.4 Å². The van der Waals surface area contributed by atoms with Crippen LogP contribution < -0.4 is 15.0 Å². The lowest BCUT2D eigenvalue weighted by atomic mass is 10.2. The van der Waals surface area contributed by atoms with Crippen molar-refractivity contribution in [1.82, 2.24) is 19.7 Å². The van der Waals surface area contributed by atoms with Gasteiger partial charge in [0.05, 0.1) is 30.7 Å². The second kappa shape index (κ2) is 9.75.